The molecule has 0 unspecified atom stereocenters. The number of amides is 1. The molecule has 1 aromatic carbocycles. The molecule has 20 heavy (non-hydrogen) atoms. The second-order valence-corrected chi connectivity index (χ2v) is 5.73. The Balaban J connectivity index is 2.10. The van der Waals surface area contributed by atoms with E-state index in [1.165, 1.54) is 5.56 Å². The van der Waals surface area contributed by atoms with Crippen LogP contribution < -0.4 is 5.32 Å². The van der Waals surface area contributed by atoms with Crippen LogP contribution in [-0.2, 0) is 5.41 Å². The average molecular weight is 270 g/mol. The number of nitrogens with one attached hydrogen (secondary N) is 2. The zero-order valence-corrected chi connectivity index (χ0v) is 11.9. The predicted octanol–water partition coefficient (Wildman–Crippen LogP) is 3.38. The van der Waals surface area contributed by atoms with Crippen molar-refractivity contribution in [1.82, 2.24) is 4.98 Å². The van der Waals surface area contributed by atoms with Crippen LogP contribution in [0.25, 0.3) is 0 Å². The van der Waals surface area contributed by atoms with E-state index in [4.69, 9.17) is 0 Å². The Labute approximate surface area is 118 Å². The van der Waals surface area contributed by atoms with Crippen LogP contribution in [0.5, 0.6) is 0 Å². The number of carbonyl (C=O) groups excluding carboxylic acids is 2. The lowest BCUT2D eigenvalue weighted by Gasteiger charge is -2.19. The van der Waals surface area contributed by atoms with Gasteiger partial charge >= 0.3 is 0 Å². The fourth-order valence-corrected chi connectivity index (χ4v) is 1.87. The molecule has 0 aliphatic carbocycles. The molecule has 0 bridgehead atoms. The fourth-order valence-electron chi connectivity index (χ4n) is 1.87. The van der Waals surface area contributed by atoms with Gasteiger partial charge in [-0.1, -0.05) is 32.9 Å². The Bertz CT molecular complexity index is 619. The monoisotopic (exact) mass is 270 g/mol. The first-order valence-corrected chi connectivity index (χ1v) is 6.46. The summed E-state index contributed by atoms with van der Waals surface area (Å²) in [6.45, 7) is 6.42. The molecule has 0 atom stereocenters. The van der Waals surface area contributed by atoms with Crippen molar-refractivity contribution in [3.63, 3.8) is 0 Å². The predicted molar refractivity (Wildman–Crippen MR) is 79.3 cm³/mol. The highest BCUT2D eigenvalue weighted by Gasteiger charge is 2.13. The highest BCUT2D eigenvalue weighted by Crippen LogP contribution is 2.23. The van der Waals surface area contributed by atoms with E-state index in [1.54, 1.807) is 12.1 Å². The number of aromatic amines is 1. The van der Waals surface area contributed by atoms with Crippen LogP contribution in [0.15, 0.2) is 36.4 Å². The van der Waals surface area contributed by atoms with Crippen molar-refractivity contribution in [2.45, 2.75) is 26.2 Å². The molecule has 0 spiro atoms. The molecule has 0 radical (unpaired) electrons. The van der Waals surface area contributed by atoms with Crippen LogP contribution in [0.2, 0.25) is 0 Å². The van der Waals surface area contributed by atoms with Gasteiger partial charge in [-0.15, -0.1) is 0 Å². The summed E-state index contributed by atoms with van der Waals surface area (Å²) >= 11 is 0. The van der Waals surface area contributed by atoms with E-state index in [-0.39, 0.29) is 11.3 Å². The zero-order chi connectivity index (χ0) is 14.8. The van der Waals surface area contributed by atoms with Gasteiger partial charge < -0.3 is 10.3 Å². The summed E-state index contributed by atoms with van der Waals surface area (Å²) in [5, 5.41) is 2.79. The Morgan fingerprint density at radius 3 is 2.25 bits per heavy atom. The van der Waals surface area contributed by atoms with Crippen molar-refractivity contribution < 1.29 is 9.59 Å². The van der Waals surface area contributed by atoms with E-state index in [0.717, 1.165) is 5.69 Å². The number of H-pyrrole nitrogens is 1. The number of carbonyl (C=O) groups is 2. The molecule has 0 saturated heterocycles. The second kappa shape index (κ2) is 5.33. The van der Waals surface area contributed by atoms with Crippen molar-refractivity contribution in [1.29, 1.82) is 0 Å². The van der Waals surface area contributed by atoms with E-state index in [0.29, 0.717) is 17.7 Å². The van der Waals surface area contributed by atoms with Gasteiger partial charge in [-0.2, -0.15) is 0 Å². The molecule has 1 aromatic heterocycles. The van der Waals surface area contributed by atoms with Crippen LogP contribution in [0.1, 0.15) is 47.3 Å². The first kappa shape index (κ1) is 14.1. The molecule has 2 N–H and O–H groups in total. The molecule has 0 fully saturated rings. The maximum absolute atomic E-state index is 12.0. The largest absolute Gasteiger partial charge is 0.348 e. The van der Waals surface area contributed by atoms with E-state index >= 15 is 0 Å². The molecular weight excluding hydrogens is 252 g/mol. The Morgan fingerprint density at radius 1 is 1.10 bits per heavy atom. The van der Waals surface area contributed by atoms with Gasteiger partial charge in [0.1, 0.15) is 5.69 Å². The summed E-state index contributed by atoms with van der Waals surface area (Å²) in [6.07, 6.45) is 0.676. The zero-order valence-electron chi connectivity index (χ0n) is 11.9. The Hall–Kier alpha value is -2.36. The molecule has 0 saturated carbocycles. The fraction of sp³-hybridized carbons (Fsp3) is 0.250. The minimum Gasteiger partial charge on any atom is -0.348 e. The van der Waals surface area contributed by atoms with Crippen molar-refractivity contribution >= 4 is 17.9 Å². The highest BCUT2D eigenvalue weighted by molar-refractivity contribution is 6.03. The maximum Gasteiger partial charge on any atom is 0.272 e. The molecule has 0 aliphatic rings. The van der Waals surface area contributed by atoms with Gasteiger partial charge in [-0.3, -0.25) is 9.59 Å². The number of rotatable bonds is 3. The summed E-state index contributed by atoms with van der Waals surface area (Å²) in [7, 11) is 0. The van der Waals surface area contributed by atoms with Gasteiger partial charge in [-0.25, -0.2) is 0 Å². The lowest BCUT2D eigenvalue weighted by Crippen LogP contribution is -2.14. The summed E-state index contributed by atoms with van der Waals surface area (Å²) < 4.78 is 0. The quantitative estimate of drug-likeness (QED) is 0.840. The van der Waals surface area contributed by atoms with Crippen LogP contribution in [0.3, 0.4) is 0 Å². The van der Waals surface area contributed by atoms with Crippen LogP contribution in [0, 0.1) is 0 Å². The minimum atomic E-state index is -0.262. The Kier molecular flexibility index (Phi) is 3.74. The average Bonchev–Trinajstić information content (AvgIpc) is 2.87. The van der Waals surface area contributed by atoms with Crippen molar-refractivity contribution in [2.24, 2.45) is 0 Å². The minimum absolute atomic E-state index is 0.0842. The topological polar surface area (TPSA) is 62.0 Å². The van der Waals surface area contributed by atoms with Crippen LogP contribution in [-0.4, -0.2) is 17.2 Å². The summed E-state index contributed by atoms with van der Waals surface area (Å²) in [6, 6.07) is 10.9. The standard InChI is InChI=1S/C16H18N2O2/c1-16(2,3)11-4-6-12(7-5-11)18-15(20)14-9-8-13(10-19)17-14/h4-10,17H,1-3H3,(H,18,20). The number of benzene rings is 1. The van der Waals surface area contributed by atoms with Gasteiger partial charge in [0.15, 0.2) is 6.29 Å². The molecule has 0 aliphatic heterocycles. The van der Waals surface area contributed by atoms with Gasteiger partial charge in [0.05, 0.1) is 5.69 Å². The molecule has 2 rings (SSSR count). The van der Waals surface area contributed by atoms with E-state index in [1.807, 2.05) is 24.3 Å². The first-order valence-electron chi connectivity index (χ1n) is 6.46. The van der Waals surface area contributed by atoms with Crippen LogP contribution in [0.4, 0.5) is 5.69 Å². The second-order valence-electron chi connectivity index (χ2n) is 5.73. The van der Waals surface area contributed by atoms with Gasteiger partial charge in [0.25, 0.3) is 5.91 Å². The molecule has 104 valence electrons. The van der Waals surface area contributed by atoms with Gasteiger partial charge in [0, 0.05) is 5.69 Å². The van der Waals surface area contributed by atoms with Gasteiger partial charge in [0.2, 0.25) is 0 Å². The van der Waals surface area contributed by atoms with E-state index in [2.05, 4.69) is 31.1 Å². The SMILES string of the molecule is CC(C)(C)c1ccc(NC(=O)c2ccc(C=O)[nH]2)cc1. The van der Waals surface area contributed by atoms with Gasteiger partial charge in [-0.05, 0) is 35.2 Å². The molecule has 4 heteroatoms. The third-order valence-electron chi connectivity index (χ3n) is 3.09. The highest BCUT2D eigenvalue weighted by atomic mass is 16.2. The van der Waals surface area contributed by atoms with Crippen LogP contribution >= 0.6 is 0 Å². The van der Waals surface area contributed by atoms with Crippen molar-refractivity contribution in [3.05, 3.63) is 53.3 Å². The number of hydrogen-bond donors (Lipinski definition) is 2. The molecule has 1 amide bonds. The van der Waals surface area contributed by atoms with E-state index in [9.17, 15) is 9.59 Å². The summed E-state index contributed by atoms with van der Waals surface area (Å²) in [5.74, 6) is -0.262. The number of anilines is 1. The lowest BCUT2D eigenvalue weighted by molar-refractivity contribution is 0.102. The lowest BCUT2D eigenvalue weighted by atomic mass is 9.87. The third kappa shape index (κ3) is 3.15. The normalized spacial score (nSPS) is 11.2. The molecular formula is C16H18N2O2. The molecule has 4 nitrogen and oxygen atoms in total. The molecule has 1 heterocycles. The maximum atomic E-state index is 12.0. The summed E-state index contributed by atoms with van der Waals surface area (Å²) in [5.41, 5.74) is 2.77. The first-order chi connectivity index (χ1) is 9.40. The number of aldehydes is 1. The van der Waals surface area contributed by atoms with E-state index < -0.39 is 0 Å². The molecule has 2 aromatic rings. The number of hydrogen-bond acceptors (Lipinski definition) is 2. The summed E-state index contributed by atoms with van der Waals surface area (Å²) in [4.78, 5) is 25.3. The van der Waals surface area contributed by atoms with Crippen molar-refractivity contribution in [2.75, 3.05) is 5.32 Å². The Morgan fingerprint density at radius 2 is 1.75 bits per heavy atom. The third-order valence-corrected chi connectivity index (χ3v) is 3.09. The number of aromatic nitrogens is 1. The van der Waals surface area contributed by atoms with Crippen molar-refractivity contribution in [3.8, 4) is 0 Å². The smallest absolute Gasteiger partial charge is 0.272 e.